The van der Waals surface area contributed by atoms with Gasteiger partial charge in [-0.15, -0.1) is 0 Å². The van der Waals surface area contributed by atoms with Crippen LogP contribution >= 0.6 is 0 Å². The van der Waals surface area contributed by atoms with Gasteiger partial charge in [-0.25, -0.2) is 14.4 Å². The highest BCUT2D eigenvalue weighted by Gasteiger charge is 2.44. The molecule has 2 atom stereocenters. The molecular formula is C20H24FN3O3. The lowest BCUT2D eigenvalue weighted by atomic mass is 9.73. The summed E-state index contributed by atoms with van der Waals surface area (Å²) in [6.07, 6.45) is 1.37. The second-order valence-electron chi connectivity index (χ2n) is 7.27. The van der Waals surface area contributed by atoms with Crippen LogP contribution in [0.2, 0.25) is 0 Å². The number of aromatic nitrogens is 2. The normalized spacial score (nSPS) is 22.7. The molecule has 3 rings (SSSR count). The van der Waals surface area contributed by atoms with Crippen LogP contribution < -0.4 is 0 Å². The maximum atomic E-state index is 13.2. The predicted octanol–water partition coefficient (Wildman–Crippen LogP) is 1.66. The highest BCUT2D eigenvalue weighted by molar-refractivity contribution is 5.96. The molecular weight excluding hydrogens is 349 g/mol. The summed E-state index contributed by atoms with van der Waals surface area (Å²) in [6, 6.07) is 5.98. The van der Waals surface area contributed by atoms with E-state index >= 15 is 0 Å². The molecule has 1 aliphatic rings. The minimum absolute atomic E-state index is 0.200. The molecule has 1 amide bonds. The molecule has 7 heteroatoms. The van der Waals surface area contributed by atoms with E-state index in [9.17, 15) is 19.4 Å². The molecule has 0 unspecified atom stereocenters. The summed E-state index contributed by atoms with van der Waals surface area (Å²) in [5.74, 6) is -0.540. The van der Waals surface area contributed by atoms with E-state index in [-0.39, 0.29) is 24.9 Å². The fourth-order valence-electron chi connectivity index (χ4n) is 3.78. The SMILES string of the molecule is Cc1ncnc(C)c1C(=O)N1CC[C@H](O)[C@@](CO)(Cc2ccc(F)cc2)C1. The van der Waals surface area contributed by atoms with Crippen molar-refractivity contribution in [1.82, 2.24) is 14.9 Å². The fraction of sp³-hybridized carbons (Fsp3) is 0.450. The van der Waals surface area contributed by atoms with Gasteiger partial charge in [-0.2, -0.15) is 0 Å². The standard InChI is InChI=1S/C20H24FN3O3/c1-13-18(14(2)23-12-22-13)19(27)24-8-7-17(26)20(10-24,11-25)9-15-3-5-16(21)6-4-15/h3-6,12,17,25-26H,7-11H2,1-2H3/t17-,20-/m0/s1. The van der Waals surface area contributed by atoms with Crippen molar-refractivity contribution < 1.29 is 19.4 Å². The zero-order valence-electron chi connectivity index (χ0n) is 15.5. The van der Waals surface area contributed by atoms with Gasteiger partial charge in [0.25, 0.3) is 5.91 Å². The molecule has 0 bridgehead atoms. The van der Waals surface area contributed by atoms with Crippen LogP contribution in [0.4, 0.5) is 4.39 Å². The largest absolute Gasteiger partial charge is 0.396 e. The number of rotatable bonds is 4. The molecule has 1 aliphatic heterocycles. The Hall–Kier alpha value is -2.38. The Morgan fingerprint density at radius 3 is 2.48 bits per heavy atom. The Labute approximate surface area is 157 Å². The van der Waals surface area contributed by atoms with E-state index in [1.807, 2.05) is 0 Å². The first-order valence-corrected chi connectivity index (χ1v) is 8.97. The topological polar surface area (TPSA) is 86.6 Å². The molecule has 1 aromatic carbocycles. The van der Waals surface area contributed by atoms with Crippen molar-refractivity contribution in [3.8, 4) is 0 Å². The molecule has 0 aliphatic carbocycles. The van der Waals surface area contributed by atoms with Crippen LogP contribution in [0.5, 0.6) is 0 Å². The van der Waals surface area contributed by atoms with Gasteiger partial charge in [-0.1, -0.05) is 12.1 Å². The second-order valence-corrected chi connectivity index (χ2v) is 7.27. The van der Waals surface area contributed by atoms with Gasteiger partial charge < -0.3 is 15.1 Å². The van der Waals surface area contributed by atoms with E-state index in [1.165, 1.54) is 18.5 Å². The van der Waals surface area contributed by atoms with Crippen molar-refractivity contribution in [3.05, 3.63) is 58.9 Å². The number of carbonyl (C=O) groups is 1. The number of hydrogen-bond acceptors (Lipinski definition) is 5. The first-order valence-electron chi connectivity index (χ1n) is 8.97. The Kier molecular flexibility index (Phi) is 5.53. The Bertz CT molecular complexity index is 807. The average Bonchev–Trinajstić information content (AvgIpc) is 2.65. The lowest BCUT2D eigenvalue weighted by Crippen LogP contribution is -2.56. The lowest BCUT2D eigenvalue weighted by Gasteiger charge is -2.45. The van der Waals surface area contributed by atoms with Crippen molar-refractivity contribution in [3.63, 3.8) is 0 Å². The third-order valence-electron chi connectivity index (χ3n) is 5.40. The molecule has 0 saturated carbocycles. The molecule has 6 nitrogen and oxygen atoms in total. The number of likely N-dealkylation sites (tertiary alicyclic amines) is 1. The van der Waals surface area contributed by atoms with Gasteiger partial charge in [0.05, 0.1) is 29.7 Å². The number of aliphatic hydroxyl groups excluding tert-OH is 2. The van der Waals surface area contributed by atoms with Crippen LogP contribution in [0.15, 0.2) is 30.6 Å². The quantitative estimate of drug-likeness (QED) is 0.851. The van der Waals surface area contributed by atoms with Gasteiger partial charge in [-0.05, 0) is 44.4 Å². The highest BCUT2D eigenvalue weighted by atomic mass is 19.1. The maximum absolute atomic E-state index is 13.2. The van der Waals surface area contributed by atoms with E-state index < -0.39 is 11.5 Å². The van der Waals surface area contributed by atoms with E-state index in [1.54, 1.807) is 30.9 Å². The number of benzene rings is 1. The van der Waals surface area contributed by atoms with Gasteiger partial charge in [0.2, 0.25) is 0 Å². The zero-order valence-corrected chi connectivity index (χ0v) is 15.5. The van der Waals surface area contributed by atoms with Gasteiger partial charge >= 0.3 is 0 Å². The van der Waals surface area contributed by atoms with Crippen LogP contribution in [-0.4, -0.2) is 56.8 Å². The minimum atomic E-state index is -0.900. The van der Waals surface area contributed by atoms with Gasteiger partial charge in [0.15, 0.2) is 0 Å². The zero-order chi connectivity index (χ0) is 19.6. The summed E-state index contributed by atoms with van der Waals surface area (Å²) >= 11 is 0. The summed E-state index contributed by atoms with van der Waals surface area (Å²) in [5, 5.41) is 20.7. The number of piperidine rings is 1. The number of halogens is 1. The summed E-state index contributed by atoms with van der Waals surface area (Å²) in [4.78, 5) is 22.9. The number of carbonyl (C=O) groups excluding carboxylic acids is 1. The van der Waals surface area contributed by atoms with Crippen molar-refractivity contribution >= 4 is 5.91 Å². The van der Waals surface area contributed by atoms with Crippen molar-refractivity contribution in [2.24, 2.45) is 5.41 Å². The fourth-order valence-corrected chi connectivity index (χ4v) is 3.78. The Balaban J connectivity index is 1.87. The summed E-state index contributed by atoms with van der Waals surface area (Å²) in [6.45, 7) is 3.84. The summed E-state index contributed by atoms with van der Waals surface area (Å²) in [7, 11) is 0. The molecule has 0 spiro atoms. The van der Waals surface area contributed by atoms with Crippen molar-refractivity contribution in [2.75, 3.05) is 19.7 Å². The molecule has 2 heterocycles. The van der Waals surface area contributed by atoms with Crippen molar-refractivity contribution in [2.45, 2.75) is 32.8 Å². The molecule has 0 radical (unpaired) electrons. The average molecular weight is 373 g/mol. The number of amides is 1. The molecule has 1 saturated heterocycles. The van der Waals surface area contributed by atoms with E-state index in [0.717, 1.165) is 5.56 Å². The van der Waals surface area contributed by atoms with Gasteiger partial charge in [0, 0.05) is 18.5 Å². The first kappa shape index (κ1) is 19.4. The number of aliphatic hydroxyl groups is 2. The summed E-state index contributed by atoms with van der Waals surface area (Å²) in [5.41, 5.74) is 1.57. The van der Waals surface area contributed by atoms with E-state index in [2.05, 4.69) is 9.97 Å². The molecule has 144 valence electrons. The van der Waals surface area contributed by atoms with Crippen molar-refractivity contribution in [1.29, 1.82) is 0 Å². The number of nitrogens with zero attached hydrogens (tertiary/aromatic N) is 3. The Morgan fingerprint density at radius 2 is 1.89 bits per heavy atom. The van der Waals surface area contributed by atoms with Crippen LogP contribution in [0.3, 0.4) is 0 Å². The molecule has 2 N–H and O–H groups in total. The van der Waals surface area contributed by atoms with Gasteiger partial charge in [0.1, 0.15) is 12.1 Å². The highest BCUT2D eigenvalue weighted by Crippen LogP contribution is 2.35. The van der Waals surface area contributed by atoms with E-state index in [0.29, 0.717) is 36.3 Å². The minimum Gasteiger partial charge on any atom is -0.396 e. The van der Waals surface area contributed by atoms with Crippen LogP contribution in [-0.2, 0) is 6.42 Å². The maximum Gasteiger partial charge on any atom is 0.257 e. The Morgan fingerprint density at radius 1 is 1.26 bits per heavy atom. The molecule has 1 fully saturated rings. The number of aryl methyl sites for hydroxylation is 2. The van der Waals surface area contributed by atoms with Gasteiger partial charge in [-0.3, -0.25) is 4.79 Å². The third-order valence-corrected chi connectivity index (χ3v) is 5.40. The summed E-state index contributed by atoms with van der Waals surface area (Å²) < 4.78 is 13.2. The molecule has 2 aromatic rings. The smallest absolute Gasteiger partial charge is 0.257 e. The van der Waals surface area contributed by atoms with E-state index in [4.69, 9.17) is 0 Å². The lowest BCUT2D eigenvalue weighted by molar-refractivity contribution is -0.0669. The van der Waals surface area contributed by atoms with Crippen LogP contribution in [0.1, 0.15) is 33.7 Å². The predicted molar refractivity (Wildman–Crippen MR) is 97.7 cm³/mol. The first-order chi connectivity index (χ1) is 12.9. The van der Waals surface area contributed by atoms with Crippen LogP contribution in [0.25, 0.3) is 0 Å². The molecule has 27 heavy (non-hydrogen) atoms. The third kappa shape index (κ3) is 3.84. The monoisotopic (exact) mass is 373 g/mol. The van der Waals surface area contributed by atoms with Crippen LogP contribution in [0, 0.1) is 25.1 Å². The number of hydrogen-bond donors (Lipinski definition) is 2. The second kappa shape index (κ2) is 7.70. The molecule has 1 aromatic heterocycles.